The number of hydrogen-bond donors (Lipinski definition) is 1. The van der Waals surface area contributed by atoms with Crippen LogP contribution in [0.4, 0.5) is 13.2 Å². The van der Waals surface area contributed by atoms with E-state index in [2.05, 4.69) is 0 Å². The van der Waals surface area contributed by atoms with Crippen LogP contribution in [0.25, 0.3) is 0 Å². The van der Waals surface area contributed by atoms with Gasteiger partial charge in [0, 0.05) is 11.0 Å². The summed E-state index contributed by atoms with van der Waals surface area (Å²) in [5.74, 6) is 0. The van der Waals surface area contributed by atoms with E-state index < -0.39 is 39.4 Å². The predicted octanol–water partition coefficient (Wildman–Crippen LogP) is 0.971. The van der Waals surface area contributed by atoms with E-state index in [1.54, 1.807) is 0 Å². The monoisotopic (exact) mass is 253 g/mol. The highest BCUT2D eigenvalue weighted by Crippen LogP contribution is 2.41. The summed E-state index contributed by atoms with van der Waals surface area (Å²) in [5, 5.41) is 21.0. The van der Waals surface area contributed by atoms with Crippen LogP contribution >= 0.6 is 0 Å². The molecule has 94 valence electrons. The summed E-state index contributed by atoms with van der Waals surface area (Å²) >= 11 is 0. The Morgan fingerprint density at radius 1 is 1.35 bits per heavy atom. The number of rotatable bonds is 2. The molecule has 1 rings (SSSR count). The molecule has 0 saturated heterocycles. The maximum atomic E-state index is 12.6. The minimum Gasteiger partial charge on any atom is -0.393 e. The number of halogens is 3. The summed E-state index contributed by atoms with van der Waals surface area (Å²) in [5.41, 5.74) is 0.0884. The van der Waals surface area contributed by atoms with Crippen molar-refractivity contribution in [3.05, 3.63) is 43.8 Å². The average Bonchev–Trinajstić information content (AvgIpc) is 2.15. The molecule has 1 aliphatic carbocycles. The van der Waals surface area contributed by atoms with Crippen LogP contribution in [0.1, 0.15) is 6.42 Å². The third-order valence-electron chi connectivity index (χ3n) is 2.35. The van der Waals surface area contributed by atoms with Gasteiger partial charge in [0.1, 0.15) is 12.1 Å². The van der Waals surface area contributed by atoms with Gasteiger partial charge < -0.3 is 5.73 Å². The summed E-state index contributed by atoms with van der Waals surface area (Å²) in [6.45, 7) is 0. The van der Waals surface area contributed by atoms with Crippen molar-refractivity contribution in [3.8, 4) is 0 Å². The smallest absolute Gasteiger partial charge is 0.393 e. The van der Waals surface area contributed by atoms with Gasteiger partial charge in [-0.3, -0.25) is 20.2 Å². The average molecular weight is 253 g/mol. The van der Waals surface area contributed by atoms with Crippen molar-refractivity contribution in [2.45, 2.75) is 18.1 Å². The molecule has 2 N–H and O–H groups in total. The molecule has 17 heavy (non-hydrogen) atoms. The van der Waals surface area contributed by atoms with Crippen LogP contribution in [0.15, 0.2) is 23.5 Å². The summed E-state index contributed by atoms with van der Waals surface area (Å²) in [6, 6.07) is 0. The van der Waals surface area contributed by atoms with Crippen molar-refractivity contribution in [3.63, 3.8) is 0 Å². The van der Waals surface area contributed by atoms with Gasteiger partial charge in [-0.25, -0.2) is 0 Å². The Balaban J connectivity index is 3.32. The summed E-state index contributed by atoms with van der Waals surface area (Å²) in [4.78, 5) is 18.2. The molecule has 0 saturated carbocycles. The zero-order chi connectivity index (χ0) is 13.4. The largest absolute Gasteiger partial charge is 0.465 e. The number of nitrogens with zero attached hydrogens (tertiary/aromatic N) is 2. The maximum absolute atomic E-state index is 12.6. The fourth-order valence-corrected chi connectivity index (χ4v) is 1.33. The Bertz CT molecular complexity index is 442. The van der Waals surface area contributed by atoms with E-state index in [1.165, 1.54) is 0 Å². The minimum atomic E-state index is -5.24. The van der Waals surface area contributed by atoms with E-state index in [0.717, 1.165) is 0 Å². The molecule has 0 spiro atoms. The molecule has 0 aromatic carbocycles. The highest BCUT2D eigenvalue weighted by atomic mass is 19.4. The van der Waals surface area contributed by atoms with Gasteiger partial charge in [-0.2, -0.15) is 13.2 Å². The Kier molecular flexibility index (Phi) is 2.83. The molecular weight excluding hydrogens is 247 g/mol. The van der Waals surface area contributed by atoms with Crippen LogP contribution in [0.5, 0.6) is 0 Å². The van der Waals surface area contributed by atoms with Crippen molar-refractivity contribution in [2.24, 2.45) is 5.73 Å². The second-order valence-corrected chi connectivity index (χ2v) is 3.35. The lowest BCUT2D eigenvalue weighted by atomic mass is 9.88. The molecule has 1 atom stereocenters. The topological polar surface area (TPSA) is 112 Å². The molecule has 0 aromatic heterocycles. The zero-order valence-corrected chi connectivity index (χ0v) is 8.10. The number of alkyl halides is 3. The third kappa shape index (κ3) is 1.92. The van der Waals surface area contributed by atoms with Crippen LogP contribution in [-0.4, -0.2) is 21.6 Å². The second-order valence-electron chi connectivity index (χ2n) is 3.35. The molecule has 0 fully saturated rings. The molecule has 7 nitrogen and oxygen atoms in total. The number of nitro groups is 2. The summed E-state index contributed by atoms with van der Waals surface area (Å²) in [7, 11) is 0. The lowest BCUT2D eigenvalue weighted by Gasteiger charge is -2.25. The molecule has 0 amide bonds. The lowest BCUT2D eigenvalue weighted by Crippen LogP contribution is -2.52. The van der Waals surface area contributed by atoms with E-state index >= 15 is 0 Å². The van der Waals surface area contributed by atoms with Crippen molar-refractivity contribution in [1.82, 2.24) is 0 Å². The minimum absolute atomic E-state index is 0.231. The predicted molar refractivity (Wildman–Crippen MR) is 47.7 cm³/mol. The third-order valence-corrected chi connectivity index (χ3v) is 2.35. The first kappa shape index (κ1) is 12.9. The summed E-state index contributed by atoms with van der Waals surface area (Å²) in [6.07, 6.45) is -5.89. The van der Waals surface area contributed by atoms with Crippen LogP contribution in [0.2, 0.25) is 0 Å². The molecule has 1 unspecified atom stereocenters. The van der Waals surface area contributed by atoms with Gasteiger partial charge in [0.05, 0.1) is 4.92 Å². The maximum Gasteiger partial charge on any atom is 0.465 e. The van der Waals surface area contributed by atoms with Crippen molar-refractivity contribution in [2.75, 3.05) is 0 Å². The number of hydrogen-bond acceptors (Lipinski definition) is 5. The van der Waals surface area contributed by atoms with Crippen LogP contribution in [0, 0.1) is 20.2 Å². The second kappa shape index (κ2) is 3.71. The Morgan fingerprint density at radius 3 is 2.24 bits per heavy atom. The molecule has 10 heteroatoms. The van der Waals surface area contributed by atoms with Gasteiger partial charge in [0.15, 0.2) is 0 Å². The summed E-state index contributed by atoms with van der Waals surface area (Å²) < 4.78 is 37.9. The highest BCUT2D eigenvalue weighted by Gasteiger charge is 2.67. The normalized spacial score (nSPS) is 24.9. The van der Waals surface area contributed by atoms with Crippen LogP contribution in [-0.2, 0) is 0 Å². The Hall–Kier alpha value is -2.13. The Labute approximate surface area is 91.7 Å². The van der Waals surface area contributed by atoms with Gasteiger partial charge in [-0.15, -0.1) is 0 Å². The van der Waals surface area contributed by atoms with E-state index in [1.807, 2.05) is 0 Å². The van der Waals surface area contributed by atoms with Gasteiger partial charge >= 0.3 is 11.7 Å². The first-order valence-corrected chi connectivity index (χ1v) is 4.15. The molecule has 0 aromatic rings. The van der Waals surface area contributed by atoms with Crippen molar-refractivity contribution in [1.29, 1.82) is 0 Å². The molecule has 0 bridgehead atoms. The van der Waals surface area contributed by atoms with E-state index in [9.17, 15) is 33.4 Å². The van der Waals surface area contributed by atoms with Gasteiger partial charge in [-0.05, 0) is 6.08 Å². The van der Waals surface area contributed by atoms with Gasteiger partial charge in [-0.1, -0.05) is 0 Å². The van der Waals surface area contributed by atoms with Gasteiger partial charge in [0.25, 0.3) is 5.70 Å². The SMILES string of the molecule is NC1=C([N+](=O)[O-])CC([N+](=O)[O-])(C(F)(F)F)C=C1. The quantitative estimate of drug-likeness (QED) is 0.582. The molecule has 0 heterocycles. The van der Waals surface area contributed by atoms with E-state index in [0.29, 0.717) is 6.08 Å². The molecule has 0 radical (unpaired) electrons. The molecular formula is C7H6F3N3O4. The fraction of sp³-hybridized carbons (Fsp3) is 0.429. The van der Waals surface area contributed by atoms with E-state index in [4.69, 9.17) is 5.73 Å². The standard InChI is InChI=1S/C7H6F3N3O4/c8-7(9,10)6(13(16)17)2-1-4(11)5(3-6)12(14)15/h1-2H,3,11H2. The number of allylic oxidation sites excluding steroid dienone is 1. The zero-order valence-electron chi connectivity index (χ0n) is 8.10. The lowest BCUT2D eigenvalue weighted by molar-refractivity contribution is -0.602. The first-order valence-electron chi connectivity index (χ1n) is 4.15. The van der Waals surface area contributed by atoms with E-state index in [-0.39, 0.29) is 6.08 Å². The highest BCUT2D eigenvalue weighted by molar-refractivity contribution is 5.30. The van der Waals surface area contributed by atoms with Crippen molar-refractivity contribution < 1.29 is 23.0 Å². The Morgan fingerprint density at radius 2 is 1.88 bits per heavy atom. The fourth-order valence-electron chi connectivity index (χ4n) is 1.33. The molecule has 0 aliphatic heterocycles. The first-order chi connectivity index (χ1) is 7.62. The number of nitrogens with two attached hydrogens (primary N) is 1. The van der Waals surface area contributed by atoms with Crippen molar-refractivity contribution >= 4 is 0 Å². The van der Waals surface area contributed by atoms with Gasteiger partial charge in [0.2, 0.25) is 0 Å². The molecule has 1 aliphatic rings. The van der Waals surface area contributed by atoms with Crippen LogP contribution < -0.4 is 5.73 Å². The van der Waals surface area contributed by atoms with Crippen LogP contribution in [0.3, 0.4) is 0 Å².